The Kier molecular flexibility index (Phi) is 6.11. The van der Waals surface area contributed by atoms with Crippen molar-refractivity contribution in [1.29, 1.82) is 0 Å². The third-order valence-electron chi connectivity index (χ3n) is 3.52. The lowest BCUT2D eigenvalue weighted by molar-refractivity contribution is 0.0607. The summed E-state index contributed by atoms with van der Waals surface area (Å²) < 4.78 is 7.48. The van der Waals surface area contributed by atoms with Crippen molar-refractivity contribution in [3.63, 3.8) is 0 Å². The highest BCUT2D eigenvalue weighted by Gasteiger charge is 2.25. The van der Waals surface area contributed by atoms with Crippen molar-refractivity contribution in [2.75, 3.05) is 26.2 Å². The first-order valence-electron chi connectivity index (χ1n) is 6.66. The van der Waals surface area contributed by atoms with E-state index in [0.717, 1.165) is 34.9 Å². The van der Waals surface area contributed by atoms with Gasteiger partial charge in [0.15, 0.2) is 0 Å². The number of likely N-dealkylation sites (N-methyl/N-ethyl adjacent to an activating group) is 1. The highest BCUT2D eigenvalue weighted by molar-refractivity contribution is 9.10. The second kappa shape index (κ2) is 7.38. The van der Waals surface area contributed by atoms with Crippen LogP contribution in [-0.2, 0) is 4.74 Å². The van der Waals surface area contributed by atoms with Crippen LogP contribution in [0.4, 0.5) is 0 Å². The van der Waals surface area contributed by atoms with Gasteiger partial charge in [-0.1, -0.05) is 18.5 Å². The molecule has 0 aliphatic carbocycles. The van der Waals surface area contributed by atoms with Crippen LogP contribution in [0.5, 0.6) is 0 Å². The highest BCUT2D eigenvalue weighted by atomic mass is 79.9. The SMILES string of the molecule is CCN(CC1CCCO1)C(CN)c1cc(Br)c(Cl)s1. The second-order valence-corrected chi connectivity index (χ2v) is 7.28. The van der Waals surface area contributed by atoms with Gasteiger partial charge in [-0.05, 0) is 41.4 Å². The average molecular weight is 368 g/mol. The van der Waals surface area contributed by atoms with Gasteiger partial charge in [0.05, 0.1) is 12.1 Å². The molecular formula is C13H20BrClN2OS. The molecule has 0 spiro atoms. The Hall–Kier alpha value is 0.350. The first-order valence-corrected chi connectivity index (χ1v) is 8.64. The maximum Gasteiger partial charge on any atom is 0.107 e. The van der Waals surface area contributed by atoms with Crippen LogP contribution in [0, 0.1) is 0 Å². The fourth-order valence-electron chi connectivity index (χ4n) is 2.50. The molecule has 1 aromatic rings. The summed E-state index contributed by atoms with van der Waals surface area (Å²) in [7, 11) is 0. The highest BCUT2D eigenvalue weighted by Crippen LogP contribution is 2.37. The molecule has 0 amide bonds. The normalized spacial score (nSPS) is 21.2. The first kappa shape index (κ1) is 15.7. The Morgan fingerprint density at radius 3 is 2.95 bits per heavy atom. The number of rotatable bonds is 6. The topological polar surface area (TPSA) is 38.5 Å². The molecule has 3 nitrogen and oxygen atoms in total. The van der Waals surface area contributed by atoms with Gasteiger partial charge < -0.3 is 10.5 Å². The van der Waals surface area contributed by atoms with E-state index in [0.29, 0.717) is 12.6 Å². The second-order valence-electron chi connectivity index (χ2n) is 4.74. The molecule has 0 bridgehead atoms. The number of thiophene rings is 1. The van der Waals surface area contributed by atoms with Crippen LogP contribution in [0.2, 0.25) is 4.34 Å². The molecule has 1 fully saturated rings. The Labute approximate surface area is 132 Å². The van der Waals surface area contributed by atoms with Crippen LogP contribution in [0.3, 0.4) is 0 Å². The van der Waals surface area contributed by atoms with Crippen molar-refractivity contribution in [3.05, 3.63) is 19.8 Å². The maximum atomic E-state index is 6.14. The lowest BCUT2D eigenvalue weighted by Crippen LogP contribution is -2.38. The monoisotopic (exact) mass is 366 g/mol. The average Bonchev–Trinajstić information content (AvgIpc) is 3.00. The molecule has 2 rings (SSSR count). The lowest BCUT2D eigenvalue weighted by atomic mass is 10.1. The number of hydrogen-bond donors (Lipinski definition) is 1. The van der Waals surface area contributed by atoms with E-state index in [2.05, 4.69) is 33.8 Å². The van der Waals surface area contributed by atoms with Gasteiger partial charge in [0.1, 0.15) is 4.34 Å². The van der Waals surface area contributed by atoms with E-state index in [1.165, 1.54) is 11.3 Å². The molecule has 1 aliphatic heterocycles. The van der Waals surface area contributed by atoms with Crippen LogP contribution < -0.4 is 5.73 Å². The van der Waals surface area contributed by atoms with Crippen LogP contribution >= 0.6 is 38.9 Å². The van der Waals surface area contributed by atoms with Gasteiger partial charge in [-0.2, -0.15) is 0 Å². The zero-order chi connectivity index (χ0) is 13.8. The van der Waals surface area contributed by atoms with Crippen molar-refractivity contribution in [2.45, 2.75) is 31.9 Å². The van der Waals surface area contributed by atoms with Crippen molar-refractivity contribution < 1.29 is 4.74 Å². The van der Waals surface area contributed by atoms with Crippen molar-refractivity contribution in [2.24, 2.45) is 5.73 Å². The van der Waals surface area contributed by atoms with Crippen LogP contribution in [0.25, 0.3) is 0 Å². The quantitative estimate of drug-likeness (QED) is 0.834. The summed E-state index contributed by atoms with van der Waals surface area (Å²) in [5.41, 5.74) is 5.98. The number of hydrogen-bond acceptors (Lipinski definition) is 4. The van der Waals surface area contributed by atoms with Crippen molar-refractivity contribution in [1.82, 2.24) is 4.90 Å². The van der Waals surface area contributed by atoms with E-state index in [4.69, 9.17) is 22.1 Å². The van der Waals surface area contributed by atoms with Gasteiger partial charge in [0.25, 0.3) is 0 Å². The van der Waals surface area contributed by atoms with Crippen molar-refractivity contribution in [3.8, 4) is 0 Å². The van der Waals surface area contributed by atoms with E-state index in [9.17, 15) is 0 Å². The standard InChI is InChI=1S/C13H20BrClN2OS/c1-2-17(8-9-4-3-5-18-9)11(7-16)12-6-10(14)13(15)19-12/h6,9,11H,2-5,7-8,16H2,1H3. The van der Waals surface area contributed by atoms with E-state index in [1.54, 1.807) is 11.3 Å². The fraction of sp³-hybridized carbons (Fsp3) is 0.692. The summed E-state index contributed by atoms with van der Waals surface area (Å²) in [4.78, 5) is 3.61. The van der Waals surface area contributed by atoms with E-state index in [1.807, 2.05) is 0 Å². The molecule has 108 valence electrons. The number of ether oxygens (including phenoxy) is 1. The first-order chi connectivity index (χ1) is 9.15. The molecule has 1 saturated heterocycles. The van der Waals surface area contributed by atoms with Gasteiger partial charge in [0.2, 0.25) is 0 Å². The minimum atomic E-state index is 0.225. The van der Waals surface area contributed by atoms with Crippen molar-refractivity contribution >= 4 is 38.9 Å². The molecule has 2 unspecified atom stereocenters. The Bertz CT molecular complexity index is 390. The molecule has 1 aromatic heterocycles. The summed E-state index contributed by atoms with van der Waals surface area (Å²) >= 11 is 11.2. The molecular weight excluding hydrogens is 348 g/mol. The molecule has 0 saturated carbocycles. The minimum absolute atomic E-state index is 0.225. The summed E-state index contributed by atoms with van der Waals surface area (Å²) in [5, 5.41) is 0. The molecule has 0 aromatic carbocycles. The van der Waals surface area contributed by atoms with E-state index < -0.39 is 0 Å². The molecule has 19 heavy (non-hydrogen) atoms. The van der Waals surface area contributed by atoms with Gasteiger partial charge >= 0.3 is 0 Å². The molecule has 2 N–H and O–H groups in total. The predicted molar refractivity (Wildman–Crippen MR) is 85.0 cm³/mol. The zero-order valence-corrected chi connectivity index (χ0v) is 14.2. The Morgan fingerprint density at radius 1 is 1.68 bits per heavy atom. The van der Waals surface area contributed by atoms with Gasteiger partial charge in [-0.15, -0.1) is 11.3 Å². The minimum Gasteiger partial charge on any atom is -0.377 e. The Morgan fingerprint density at radius 2 is 2.47 bits per heavy atom. The molecule has 6 heteroatoms. The van der Waals surface area contributed by atoms with Crippen LogP contribution in [0.1, 0.15) is 30.7 Å². The third-order valence-corrected chi connectivity index (χ3v) is 6.10. The largest absolute Gasteiger partial charge is 0.377 e. The lowest BCUT2D eigenvalue weighted by Gasteiger charge is -2.31. The predicted octanol–water partition coefficient (Wildman–Crippen LogP) is 3.66. The number of halogens is 2. The van der Waals surface area contributed by atoms with E-state index >= 15 is 0 Å². The Balaban J connectivity index is 2.08. The summed E-state index contributed by atoms with van der Waals surface area (Å²) in [5.74, 6) is 0. The fourth-order valence-corrected chi connectivity index (χ4v) is 4.38. The van der Waals surface area contributed by atoms with Crippen LogP contribution in [0.15, 0.2) is 10.5 Å². The van der Waals surface area contributed by atoms with Crippen LogP contribution in [-0.4, -0.2) is 37.2 Å². The third kappa shape index (κ3) is 3.93. The maximum absolute atomic E-state index is 6.14. The van der Waals surface area contributed by atoms with Gasteiger partial charge in [-0.3, -0.25) is 4.90 Å². The summed E-state index contributed by atoms with van der Waals surface area (Å²) in [6.07, 6.45) is 2.68. The summed E-state index contributed by atoms with van der Waals surface area (Å²) in [6.45, 7) is 5.58. The van der Waals surface area contributed by atoms with Gasteiger partial charge in [0, 0.05) is 29.0 Å². The zero-order valence-electron chi connectivity index (χ0n) is 11.1. The smallest absolute Gasteiger partial charge is 0.107 e. The van der Waals surface area contributed by atoms with E-state index in [-0.39, 0.29) is 6.04 Å². The number of nitrogens with zero attached hydrogens (tertiary/aromatic N) is 1. The number of nitrogens with two attached hydrogens (primary N) is 1. The molecule has 2 atom stereocenters. The summed E-state index contributed by atoms with van der Waals surface area (Å²) in [6, 6.07) is 2.31. The molecule has 2 heterocycles. The van der Waals surface area contributed by atoms with Gasteiger partial charge in [-0.25, -0.2) is 0 Å². The molecule has 0 radical (unpaired) electrons. The molecule has 1 aliphatic rings.